The maximum absolute atomic E-state index is 13.3. The Balaban J connectivity index is 1.76. The van der Waals surface area contributed by atoms with E-state index in [9.17, 15) is 4.79 Å². The number of allylic oxidation sites excluding steroid dienone is 2. The van der Waals surface area contributed by atoms with E-state index < -0.39 is 5.92 Å². The molecule has 0 fully saturated rings. The minimum absolute atomic E-state index is 0.0614. The maximum atomic E-state index is 13.3. The summed E-state index contributed by atoms with van der Waals surface area (Å²) in [4.78, 5) is 17.9. The minimum atomic E-state index is -0.421. The average molecular weight is 432 g/mol. The fraction of sp³-hybridized carbons (Fsp3) is 0.240. The van der Waals surface area contributed by atoms with E-state index in [1.165, 1.54) is 0 Å². The van der Waals surface area contributed by atoms with Crippen molar-refractivity contribution in [3.8, 4) is 11.6 Å². The van der Waals surface area contributed by atoms with Crippen molar-refractivity contribution in [2.75, 3.05) is 0 Å². The Labute approximate surface area is 185 Å². The van der Waals surface area contributed by atoms with Crippen LogP contribution in [0.15, 0.2) is 72.3 Å². The second-order valence-corrected chi connectivity index (χ2v) is 9.32. The number of rotatable bonds is 2. The molecular formula is C25H22ClN3O2. The third-order valence-electron chi connectivity index (χ3n) is 5.93. The number of Topliss-reactive ketones (excluding diaryl/α,β-unsaturated/α-hetero) is 1. The summed E-state index contributed by atoms with van der Waals surface area (Å²) in [5, 5.41) is 9.64. The van der Waals surface area contributed by atoms with E-state index in [4.69, 9.17) is 21.7 Å². The summed E-state index contributed by atoms with van der Waals surface area (Å²) >= 11 is 6.13. The molecule has 156 valence electrons. The van der Waals surface area contributed by atoms with Crippen LogP contribution in [0.4, 0.5) is 0 Å². The molecule has 0 bridgehead atoms. The quantitative estimate of drug-likeness (QED) is 0.608. The number of ether oxygens (including phenoxy) is 1. The van der Waals surface area contributed by atoms with Crippen LogP contribution in [0.25, 0.3) is 5.69 Å². The summed E-state index contributed by atoms with van der Waals surface area (Å²) in [7, 11) is 0. The van der Waals surface area contributed by atoms with Gasteiger partial charge in [0.25, 0.3) is 0 Å². The Morgan fingerprint density at radius 2 is 1.81 bits per heavy atom. The van der Waals surface area contributed by atoms with Gasteiger partial charge in [0.15, 0.2) is 5.78 Å². The van der Waals surface area contributed by atoms with Crippen LogP contribution >= 0.6 is 11.6 Å². The van der Waals surface area contributed by atoms with E-state index in [1.807, 2.05) is 54.6 Å². The molecule has 0 amide bonds. The zero-order chi connectivity index (χ0) is 21.8. The largest absolute Gasteiger partial charge is 0.442 e. The second kappa shape index (κ2) is 7.20. The van der Waals surface area contributed by atoms with Gasteiger partial charge in [0.05, 0.1) is 5.56 Å². The van der Waals surface area contributed by atoms with Gasteiger partial charge in [0.1, 0.15) is 17.6 Å². The van der Waals surface area contributed by atoms with Gasteiger partial charge in [0.2, 0.25) is 5.88 Å². The van der Waals surface area contributed by atoms with Gasteiger partial charge in [-0.15, -0.1) is 0 Å². The molecular weight excluding hydrogens is 410 g/mol. The molecule has 31 heavy (non-hydrogen) atoms. The molecule has 0 saturated heterocycles. The van der Waals surface area contributed by atoms with Crippen molar-refractivity contribution >= 4 is 17.4 Å². The molecule has 0 spiro atoms. The lowest BCUT2D eigenvalue weighted by atomic mass is 9.70. The number of carbonyl (C=O) groups excluding carboxylic acids is 1. The zero-order valence-electron chi connectivity index (χ0n) is 17.4. The zero-order valence-corrected chi connectivity index (χ0v) is 18.1. The number of aromatic nitrogens is 2. The number of carbonyl (C=O) groups is 1. The van der Waals surface area contributed by atoms with E-state index in [1.54, 1.807) is 10.9 Å². The molecule has 1 unspecified atom stereocenters. The van der Waals surface area contributed by atoms with E-state index in [0.717, 1.165) is 11.3 Å². The van der Waals surface area contributed by atoms with Gasteiger partial charge in [-0.3, -0.25) is 14.8 Å². The number of fused-ring (bicyclic) bond motifs is 1. The molecule has 2 aromatic carbocycles. The highest BCUT2D eigenvalue weighted by Crippen LogP contribution is 2.48. The van der Waals surface area contributed by atoms with Gasteiger partial charge in [-0.2, -0.15) is 0 Å². The first-order chi connectivity index (χ1) is 14.8. The second-order valence-electron chi connectivity index (χ2n) is 8.88. The predicted octanol–water partition coefficient (Wildman–Crippen LogP) is 5.17. The molecule has 6 heteroatoms. The molecule has 1 atom stereocenters. The monoisotopic (exact) mass is 431 g/mol. The van der Waals surface area contributed by atoms with Crippen LogP contribution in [0, 0.1) is 10.8 Å². The summed E-state index contributed by atoms with van der Waals surface area (Å²) in [5.41, 5.74) is 3.03. The van der Waals surface area contributed by atoms with Crippen LogP contribution in [0.1, 0.15) is 43.7 Å². The van der Waals surface area contributed by atoms with Crippen molar-refractivity contribution in [2.45, 2.75) is 32.6 Å². The molecule has 1 N–H and O–H groups in total. The maximum Gasteiger partial charge on any atom is 0.228 e. The Kier molecular flexibility index (Phi) is 4.59. The molecule has 1 aliphatic carbocycles. The van der Waals surface area contributed by atoms with Gasteiger partial charge >= 0.3 is 0 Å². The standard InChI is InChI=1S/C25H22ClN3O2/c1-25(2)12-18(30)21-19(13-25)31-24-22(20(21)15-8-10-16(26)11-9-15)23(27)29(14-28-24)17-6-4-3-5-7-17/h3-11,14,20,27H,12-13H2,1-2H3. The van der Waals surface area contributed by atoms with Crippen molar-refractivity contribution in [1.29, 1.82) is 5.41 Å². The predicted molar refractivity (Wildman–Crippen MR) is 118 cm³/mol. The van der Waals surface area contributed by atoms with Gasteiger partial charge < -0.3 is 4.74 Å². The molecule has 1 aliphatic heterocycles. The molecule has 1 aromatic heterocycles. The highest BCUT2D eigenvalue weighted by molar-refractivity contribution is 6.30. The molecule has 0 radical (unpaired) electrons. The lowest BCUT2D eigenvalue weighted by Crippen LogP contribution is -2.37. The van der Waals surface area contributed by atoms with Gasteiger partial charge in [-0.25, -0.2) is 4.98 Å². The smallest absolute Gasteiger partial charge is 0.228 e. The molecule has 5 nitrogen and oxygen atoms in total. The number of ketones is 1. The van der Waals surface area contributed by atoms with Crippen molar-refractivity contribution in [1.82, 2.24) is 9.55 Å². The normalized spacial score (nSPS) is 19.5. The summed E-state index contributed by atoms with van der Waals surface area (Å²) in [6.45, 7) is 4.14. The summed E-state index contributed by atoms with van der Waals surface area (Å²) in [6, 6.07) is 17.1. The number of hydrogen-bond donors (Lipinski definition) is 1. The van der Waals surface area contributed by atoms with E-state index in [0.29, 0.717) is 40.6 Å². The van der Waals surface area contributed by atoms with E-state index in [2.05, 4.69) is 18.8 Å². The number of benzene rings is 2. The minimum Gasteiger partial charge on any atom is -0.442 e. The van der Waals surface area contributed by atoms with Crippen LogP contribution in [0.2, 0.25) is 5.02 Å². The van der Waals surface area contributed by atoms with Crippen LogP contribution in [-0.4, -0.2) is 15.3 Å². The fourth-order valence-electron chi connectivity index (χ4n) is 4.53. The first kappa shape index (κ1) is 19.8. The first-order valence-corrected chi connectivity index (χ1v) is 10.6. The van der Waals surface area contributed by atoms with E-state index in [-0.39, 0.29) is 16.7 Å². The number of para-hydroxylation sites is 1. The van der Waals surface area contributed by atoms with Crippen LogP contribution in [-0.2, 0) is 4.79 Å². The SMILES string of the molecule is CC1(C)CC(=O)C2=C(C1)Oc1ncn(-c3ccccc3)c(=N)c1C2c1ccc(Cl)cc1. The summed E-state index contributed by atoms with van der Waals surface area (Å²) < 4.78 is 7.89. The van der Waals surface area contributed by atoms with Gasteiger partial charge in [0, 0.05) is 35.0 Å². The Bertz CT molecular complexity index is 1270. The van der Waals surface area contributed by atoms with Crippen LogP contribution < -0.4 is 10.2 Å². The van der Waals surface area contributed by atoms with Crippen molar-refractivity contribution in [2.24, 2.45) is 5.41 Å². The molecule has 2 heterocycles. The number of nitrogens with one attached hydrogen (secondary N) is 1. The third kappa shape index (κ3) is 3.39. The van der Waals surface area contributed by atoms with E-state index >= 15 is 0 Å². The first-order valence-electron chi connectivity index (χ1n) is 10.3. The summed E-state index contributed by atoms with van der Waals surface area (Å²) in [5.74, 6) is 0.696. The Morgan fingerprint density at radius 3 is 2.52 bits per heavy atom. The molecule has 2 aliphatic rings. The molecule has 0 saturated carbocycles. The fourth-order valence-corrected chi connectivity index (χ4v) is 4.66. The highest BCUT2D eigenvalue weighted by atomic mass is 35.5. The summed E-state index contributed by atoms with van der Waals surface area (Å²) in [6.07, 6.45) is 2.71. The van der Waals surface area contributed by atoms with Crippen LogP contribution in [0.3, 0.4) is 0 Å². The Morgan fingerprint density at radius 1 is 1.10 bits per heavy atom. The van der Waals surface area contributed by atoms with Crippen molar-refractivity contribution < 1.29 is 9.53 Å². The average Bonchev–Trinajstić information content (AvgIpc) is 2.73. The van der Waals surface area contributed by atoms with Crippen molar-refractivity contribution in [3.63, 3.8) is 0 Å². The number of hydrogen-bond acceptors (Lipinski definition) is 4. The third-order valence-corrected chi connectivity index (χ3v) is 6.18. The van der Waals surface area contributed by atoms with Gasteiger partial charge in [-0.05, 0) is 35.2 Å². The lowest BCUT2D eigenvalue weighted by molar-refractivity contribution is -0.118. The lowest BCUT2D eigenvalue weighted by Gasteiger charge is -2.37. The molecule has 5 rings (SSSR count). The van der Waals surface area contributed by atoms with Gasteiger partial charge in [-0.1, -0.05) is 55.8 Å². The number of halogens is 1. The number of nitrogens with zero attached hydrogens (tertiary/aromatic N) is 2. The highest BCUT2D eigenvalue weighted by Gasteiger charge is 2.43. The van der Waals surface area contributed by atoms with Crippen LogP contribution in [0.5, 0.6) is 5.88 Å². The topological polar surface area (TPSA) is 68.0 Å². The van der Waals surface area contributed by atoms with Crippen molar-refractivity contribution in [3.05, 3.63) is 93.9 Å². The molecule has 3 aromatic rings. The Hall–Kier alpha value is -3.18.